The molecule has 0 aliphatic carbocycles. The molecule has 1 aliphatic rings. The molecule has 3 unspecified atom stereocenters. The molecule has 1 aromatic heterocycles. The maximum absolute atomic E-state index is 12.9. The summed E-state index contributed by atoms with van der Waals surface area (Å²) in [5.74, 6) is -1.42. The van der Waals surface area contributed by atoms with Gasteiger partial charge in [0.25, 0.3) is 0 Å². The zero-order chi connectivity index (χ0) is 54.1. The first-order chi connectivity index (χ1) is 35.7. The van der Waals surface area contributed by atoms with Gasteiger partial charge in [0.2, 0.25) is 0 Å². The molecule has 0 bridgehead atoms. The Morgan fingerprint density at radius 2 is 1.15 bits per heavy atom. The first-order valence-electron chi connectivity index (χ1n) is 25.9. The lowest BCUT2D eigenvalue weighted by Gasteiger charge is -2.21. The second kappa shape index (κ2) is 40.7. The Bertz CT molecular complexity index is 2170. The predicted octanol–water partition coefficient (Wildman–Crippen LogP) is 11.0. The number of hydrogen-bond donors (Lipinski definition) is 5. The predicted molar refractivity (Wildman–Crippen MR) is 288 cm³/mol. The van der Waals surface area contributed by atoms with Crippen molar-refractivity contribution in [2.45, 2.75) is 173 Å². The topological polar surface area (TPSA) is 265 Å². The van der Waals surface area contributed by atoms with Crippen LogP contribution < -0.4 is 11.4 Å². The lowest BCUT2D eigenvalue weighted by atomic mass is 10.1. The van der Waals surface area contributed by atoms with Crippen molar-refractivity contribution >= 4 is 33.4 Å². The number of carbonyl (C=O) groups excluding carboxylic acids is 2. The van der Waals surface area contributed by atoms with Crippen LogP contribution in [0.3, 0.4) is 0 Å². The number of aliphatic hydroxyl groups is 2. The highest BCUT2D eigenvalue weighted by atomic mass is 31.3. The Kier molecular flexibility index (Phi) is 36.0. The normalized spacial score (nSPS) is 19.8. The third-order valence-corrected chi connectivity index (χ3v) is 13.4. The molecule has 0 aromatic carbocycles. The van der Waals surface area contributed by atoms with Crippen molar-refractivity contribution in [3.8, 4) is 0 Å². The SMILES string of the molecule is CC/C=C\C/C=C\C/C=C\C/C=C\C/C=C\CCCCCC(=O)OC[C@H](COP(=O)(O)OP(=O)(O)OC[C@H]1O[C@@H](n2ccc(N)nc2=O)C(O)[C@H]1O)OC(=O)CCC/C=C\C/C=C\C/C=C\C/C=C\CCCCC. The Labute approximate surface area is 438 Å². The van der Waals surface area contributed by atoms with E-state index in [1.165, 1.54) is 25.3 Å². The van der Waals surface area contributed by atoms with E-state index in [4.69, 9.17) is 29.0 Å². The van der Waals surface area contributed by atoms with Gasteiger partial charge in [-0.15, -0.1) is 0 Å². The van der Waals surface area contributed by atoms with Crippen LogP contribution in [0.15, 0.2) is 126 Å². The molecule has 0 saturated carbocycles. The molecular formula is C54H83N3O15P2. The first-order valence-corrected chi connectivity index (χ1v) is 28.9. The Morgan fingerprint density at radius 1 is 0.662 bits per heavy atom. The average molecular weight is 1080 g/mol. The van der Waals surface area contributed by atoms with E-state index in [1.807, 2.05) is 12.2 Å². The molecule has 18 nitrogen and oxygen atoms in total. The molecule has 1 aromatic rings. The molecule has 6 N–H and O–H groups in total. The van der Waals surface area contributed by atoms with Gasteiger partial charge < -0.3 is 39.9 Å². The van der Waals surface area contributed by atoms with Gasteiger partial charge in [0.15, 0.2) is 12.3 Å². The molecule has 1 fully saturated rings. The number of hydrogen-bond acceptors (Lipinski definition) is 15. The van der Waals surface area contributed by atoms with Crippen molar-refractivity contribution in [3.63, 3.8) is 0 Å². The molecule has 2 heterocycles. The summed E-state index contributed by atoms with van der Waals surface area (Å²) < 4.78 is 56.7. The van der Waals surface area contributed by atoms with Gasteiger partial charge in [-0.25, -0.2) is 13.9 Å². The number of aromatic nitrogens is 2. The van der Waals surface area contributed by atoms with E-state index in [0.29, 0.717) is 19.3 Å². The fourth-order valence-corrected chi connectivity index (χ4v) is 8.97. The number of aliphatic hydroxyl groups excluding tert-OH is 2. The quantitative estimate of drug-likeness (QED) is 0.0177. The minimum absolute atomic E-state index is 0.0402. The van der Waals surface area contributed by atoms with E-state index in [9.17, 15) is 43.5 Å². The summed E-state index contributed by atoms with van der Waals surface area (Å²) in [5.41, 5.74) is 4.58. The average Bonchev–Trinajstić information content (AvgIpc) is 3.64. The molecule has 1 aliphatic heterocycles. The monoisotopic (exact) mass is 1080 g/mol. The summed E-state index contributed by atoms with van der Waals surface area (Å²) in [6, 6.07) is 1.24. The van der Waals surface area contributed by atoms with E-state index in [1.54, 1.807) is 0 Å². The number of esters is 2. The van der Waals surface area contributed by atoms with Crippen molar-refractivity contribution in [2.24, 2.45) is 0 Å². The van der Waals surface area contributed by atoms with E-state index in [-0.39, 0.29) is 18.7 Å². The van der Waals surface area contributed by atoms with Crippen molar-refractivity contribution in [1.29, 1.82) is 0 Å². The van der Waals surface area contributed by atoms with E-state index in [2.05, 4.69) is 120 Å². The van der Waals surface area contributed by atoms with E-state index in [0.717, 1.165) is 87.8 Å². The summed E-state index contributed by atoms with van der Waals surface area (Å²) >= 11 is 0. The summed E-state index contributed by atoms with van der Waals surface area (Å²) in [4.78, 5) is 61.9. The van der Waals surface area contributed by atoms with Crippen LogP contribution in [0.1, 0.15) is 148 Å². The minimum Gasteiger partial charge on any atom is -0.462 e. The van der Waals surface area contributed by atoms with Crippen molar-refractivity contribution in [1.82, 2.24) is 9.55 Å². The maximum atomic E-state index is 12.9. The maximum Gasteiger partial charge on any atom is 0.481 e. The van der Waals surface area contributed by atoms with E-state index >= 15 is 0 Å². The zero-order valence-corrected chi connectivity index (χ0v) is 45.1. The van der Waals surface area contributed by atoms with Crippen LogP contribution in [0.5, 0.6) is 0 Å². The first kappa shape index (κ1) is 65.5. The summed E-state index contributed by atoms with van der Waals surface area (Å²) in [6.07, 6.45) is 47.4. The molecule has 74 heavy (non-hydrogen) atoms. The molecular weight excluding hydrogens is 993 g/mol. The van der Waals surface area contributed by atoms with Gasteiger partial charge in [-0.2, -0.15) is 9.29 Å². The van der Waals surface area contributed by atoms with Crippen molar-refractivity contribution in [3.05, 3.63) is 132 Å². The fraction of sp³-hybridized carbons (Fsp3) is 0.556. The van der Waals surface area contributed by atoms with Gasteiger partial charge >= 0.3 is 33.3 Å². The van der Waals surface area contributed by atoms with Gasteiger partial charge in [-0.3, -0.25) is 23.2 Å². The summed E-state index contributed by atoms with van der Waals surface area (Å²) in [7, 11) is -10.9. The number of allylic oxidation sites excluding steroid dienone is 18. The third-order valence-electron chi connectivity index (χ3n) is 10.8. The number of nitrogen functional groups attached to an aromatic ring is 1. The number of carbonyl (C=O) groups is 2. The fourth-order valence-electron chi connectivity index (χ4n) is 6.86. The Balaban J connectivity index is 1.84. The molecule has 0 spiro atoms. The van der Waals surface area contributed by atoms with Crippen molar-refractivity contribution < 1.29 is 66.3 Å². The van der Waals surface area contributed by atoms with Crippen LogP contribution in [-0.4, -0.2) is 85.7 Å². The number of ether oxygens (including phenoxy) is 3. The van der Waals surface area contributed by atoms with Gasteiger partial charge in [-0.1, -0.05) is 142 Å². The van der Waals surface area contributed by atoms with Crippen LogP contribution in [0.2, 0.25) is 0 Å². The third kappa shape index (κ3) is 32.7. The molecule has 2 rings (SSSR count). The summed E-state index contributed by atoms with van der Waals surface area (Å²) in [5, 5.41) is 20.9. The van der Waals surface area contributed by atoms with Crippen LogP contribution >= 0.6 is 15.6 Å². The number of nitrogens with zero attached hydrogens (tertiary/aromatic N) is 2. The van der Waals surface area contributed by atoms with Crippen LogP contribution in [-0.2, 0) is 46.3 Å². The lowest BCUT2D eigenvalue weighted by molar-refractivity contribution is -0.161. The molecule has 20 heteroatoms. The molecule has 1 saturated heterocycles. The number of phosphoric acid groups is 2. The van der Waals surface area contributed by atoms with Gasteiger partial charge in [0.1, 0.15) is 30.7 Å². The number of anilines is 1. The highest BCUT2D eigenvalue weighted by Gasteiger charge is 2.46. The molecule has 7 atom stereocenters. The standard InChI is InChI=1S/C54H83N3O15P2/c1-3-5-7-9-11-13-15-17-19-21-22-24-25-27-29-31-33-35-37-39-49(58)67-43-46(70-50(59)40-38-36-34-32-30-28-26-23-20-18-16-14-12-10-8-6-4-2)44-68-73(63,64)72-74(65,66)69-45-47-51(60)52(61)53(71-47)57-42-41-48(55)56-54(57)62/h5,7,11-14,17-20,22,24,26-29,32,34,41-42,46-47,51-53,60-61H,3-4,6,8-10,15-16,21,23,25,30-31,33,35-40,43-45H2,1-2H3,(H,63,64)(H,65,66)(H2,55,56,62)/b7-5-,13-11-,14-12-,19-17-,20-18-,24-22-,28-26-,29-27-,34-32-/t46-,47-,51+,52?,53-/m1/s1. The lowest BCUT2D eigenvalue weighted by Crippen LogP contribution is -2.36. The van der Waals surface area contributed by atoms with Gasteiger partial charge in [-0.05, 0) is 102 Å². The van der Waals surface area contributed by atoms with Crippen LogP contribution in [0.4, 0.5) is 5.82 Å². The minimum atomic E-state index is -5.45. The largest absolute Gasteiger partial charge is 0.481 e. The summed E-state index contributed by atoms with van der Waals surface area (Å²) in [6.45, 7) is 1.92. The highest BCUT2D eigenvalue weighted by molar-refractivity contribution is 7.61. The Hall–Kier alpha value is -4.58. The molecule has 0 radical (unpaired) electrons. The highest BCUT2D eigenvalue weighted by Crippen LogP contribution is 2.60. The smallest absolute Gasteiger partial charge is 0.462 e. The van der Waals surface area contributed by atoms with E-state index < -0.39 is 83.7 Å². The Morgan fingerprint density at radius 3 is 1.68 bits per heavy atom. The molecule has 414 valence electrons. The number of rotatable bonds is 41. The van der Waals surface area contributed by atoms with Crippen LogP contribution in [0.25, 0.3) is 0 Å². The van der Waals surface area contributed by atoms with Gasteiger partial charge in [0, 0.05) is 19.0 Å². The van der Waals surface area contributed by atoms with Gasteiger partial charge in [0.05, 0.1) is 13.2 Å². The number of nitrogens with two attached hydrogens (primary N) is 1. The second-order valence-corrected chi connectivity index (χ2v) is 20.3. The number of phosphoric ester groups is 2. The zero-order valence-electron chi connectivity index (χ0n) is 43.3. The van der Waals surface area contributed by atoms with Crippen LogP contribution in [0, 0.1) is 0 Å². The number of unbranched alkanes of at least 4 members (excludes halogenated alkanes) is 7. The second-order valence-electron chi connectivity index (χ2n) is 17.3. The molecule has 0 amide bonds. The van der Waals surface area contributed by atoms with Crippen molar-refractivity contribution in [2.75, 3.05) is 25.6 Å².